The number of hydrogen-bond donors (Lipinski definition) is 1. The van der Waals surface area contributed by atoms with Crippen molar-refractivity contribution in [1.82, 2.24) is 19.8 Å². The van der Waals surface area contributed by atoms with E-state index >= 15 is 0 Å². The summed E-state index contributed by atoms with van der Waals surface area (Å²) in [4.78, 5) is 25.8. The van der Waals surface area contributed by atoms with Gasteiger partial charge in [-0.15, -0.1) is 0 Å². The van der Waals surface area contributed by atoms with Crippen molar-refractivity contribution in [3.05, 3.63) is 17.5 Å². The number of nitrogens with one attached hydrogen (secondary N) is 1. The molecule has 2 aliphatic heterocycles. The maximum absolute atomic E-state index is 12.3. The summed E-state index contributed by atoms with van der Waals surface area (Å²) in [5.74, 6) is 2.34. The third-order valence-electron chi connectivity index (χ3n) is 6.09. The van der Waals surface area contributed by atoms with Gasteiger partial charge in [0.05, 0.1) is 6.10 Å². The predicted octanol–water partition coefficient (Wildman–Crippen LogP) is 1.85. The fourth-order valence-corrected chi connectivity index (χ4v) is 4.32. The number of amides is 1. The van der Waals surface area contributed by atoms with Crippen LogP contribution in [0.3, 0.4) is 0 Å². The molecular formula is C21H33N5O2. The molecule has 0 aromatic carbocycles. The Morgan fingerprint density at radius 1 is 1.07 bits per heavy atom. The summed E-state index contributed by atoms with van der Waals surface area (Å²) in [6.45, 7) is 9.92. The smallest absolute Gasteiger partial charge is 0.248 e. The predicted molar refractivity (Wildman–Crippen MR) is 108 cm³/mol. The van der Waals surface area contributed by atoms with Gasteiger partial charge in [0.2, 0.25) is 11.9 Å². The second-order valence-electron chi connectivity index (χ2n) is 8.77. The Hall–Kier alpha value is -1.73. The number of hydrogen-bond acceptors (Lipinski definition) is 6. The van der Waals surface area contributed by atoms with E-state index in [1.54, 1.807) is 0 Å². The lowest BCUT2D eigenvalue weighted by Crippen LogP contribution is -2.51. The van der Waals surface area contributed by atoms with Crippen molar-refractivity contribution in [3.63, 3.8) is 0 Å². The van der Waals surface area contributed by atoms with Gasteiger partial charge in [0, 0.05) is 37.6 Å². The number of carbonyl (C=O) groups is 1. The Kier molecular flexibility index (Phi) is 6.11. The highest BCUT2D eigenvalue weighted by molar-refractivity contribution is 5.78. The van der Waals surface area contributed by atoms with Crippen molar-refractivity contribution in [1.29, 1.82) is 0 Å². The number of aromatic nitrogens is 2. The van der Waals surface area contributed by atoms with E-state index in [9.17, 15) is 4.79 Å². The largest absolute Gasteiger partial charge is 0.365 e. The van der Waals surface area contributed by atoms with Gasteiger partial charge in [-0.1, -0.05) is 0 Å². The lowest BCUT2D eigenvalue weighted by Gasteiger charge is -2.38. The van der Waals surface area contributed by atoms with Crippen LogP contribution in [-0.4, -0.2) is 77.7 Å². The number of piperidine rings is 1. The molecule has 28 heavy (non-hydrogen) atoms. The first kappa shape index (κ1) is 19.6. The summed E-state index contributed by atoms with van der Waals surface area (Å²) in [6.07, 6.45) is 5.24. The fourth-order valence-electron chi connectivity index (χ4n) is 4.32. The standard InChI is InChI=1S/C21H33N5O2/c1-15-9-16(2)24-21(23-15)22-10-19-13-26(20(27)14-28-19)12-18-5-7-25(8-6-18)11-17-3-4-17/h9,17-19H,3-8,10-14H2,1-2H3,(H,22,23,24)/t19-/m0/s1. The van der Waals surface area contributed by atoms with Crippen LogP contribution in [-0.2, 0) is 9.53 Å². The van der Waals surface area contributed by atoms with Crippen molar-refractivity contribution in [2.24, 2.45) is 11.8 Å². The topological polar surface area (TPSA) is 70.6 Å². The summed E-state index contributed by atoms with van der Waals surface area (Å²) in [5.41, 5.74) is 1.90. The van der Waals surface area contributed by atoms with Crippen molar-refractivity contribution < 1.29 is 9.53 Å². The van der Waals surface area contributed by atoms with Crippen molar-refractivity contribution in [3.8, 4) is 0 Å². The van der Waals surface area contributed by atoms with Gasteiger partial charge >= 0.3 is 0 Å². The number of anilines is 1. The minimum Gasteiger partial charge on any atom is -0.365 e. The molecule has 154 valence electrons. The zero-order valence-corrected chi connectivity index (χ0v) is 17.2. The highest BCUT2D eigenvalue weighted by atomic mass is 16.5. The Labute approximate surface area is 167 Å². The van der Waals surface area contributed by atoms with Crippen LogP contribution in [0.5, 0.6) is 0 Å². The molecule has 1 atom stereocenters. The van der Waals surface area contributed by atoms with Gasteiger partial charge in [0.25, 0.3) is 0 Å². The number of carbonyl (C=O) groups excluding carboxylic acids is 1. The van der Waals surface area contributed by atoms with Crippen molar-refractivity contribution in [2.45, 2.75) is 45.6 Å². The lowest BCUT2D eigenvalue weighted by molar-refractivity contribution is -0.149. The molecule has 7 nitrogen and oxygen atoms in total. The molecule has 7 heteroatoms. The Balaban J connectivity index is 1.23. The van der Waals surface area contributed by atoms with Gasteiger partial charge < -0.3 is 19.9 Å². The Bertz CT molecular complexity index is 665. The summed E-state index contributed by atoms with van der Waals surface area (Å²) in [6, 6.07) is 1.96. The van der Waals surface area contributed by atoms with Crippen LogP contribution in [0.25, 0.3) is 0 Å². The average molecular weight is 388 g/mol. The normalized spacial score (nSPS) is 24.6. The fraction of sp³-hybridized carbons (Fsp3) is 0.762. The Morgan fingerprint density at radius 2 is 1.75 bits per heavy atom. The summed E-state index contributed by atoms with van der Waals surface area (Å²) in [7, 11) is 0. The molecule has 0 radical (unpaired) electrons. The minimum absolute atomic E-state index is 0.0166. The maximum atomic E-state index is 12.3. The molecule has 0 unspecified atom stereocenters. The van der Waals surface area contributed by atoms with E-state index in [0.717, 1.165) is 23.9 Å². The monoisotopic (exact) mass is 387 g/mol. The van der Waals surface area contributed by atoms with Gasteiger partial charge in [-0.2, -0.15) is 0 Å². The van der Waals surface area contributed by atoms with Gasteiger partial charge in [-0.05, 0) is 70.5 Å². The van der Waals surface area contributed by atoms with Gasteiger partial charge in [-0.25, -0.2) is 9.97 Å². The number of rotatable bonds is 7. The average Bonchev–Trinajstić information content (AvgIpc) is 3.47. The highest BCUT2D eigenvalue weighted by Gasteiger charge is 2.31. The molecule has 1 aliphatic carbocycles. The summed E-state index contributed by atoms with van der Waals surface area (Å²) in [5, 5.41) is 3.27. The first-order valence-electron chi connectivity index (χ1n) is 10.7. The van der Waals surface area contributed by atoms with E-state index < -0.39 is 0 Å². The number of morpholine rings is 1. The van der Waals surface area contributed by atoms with Gasteiger partial charge in [0.15, 0.2) is 0 Å². The third kappa shape index (κ3) is 5.41. The molecule has 3 aliphatic rings. The number of aryl methyl sites for hydroxylation is 2. The molecule has 3 heterocycles. The van der Waals surface area contributed by atoms with Crippen molar-refractivity contribution in [2.75, 3.05) is 51.2 Å². The number of likely N-dealkylation sites (tertiary alicyclic amines) is 1. The lowest BCUT2D eigenvalue weighted by atomic mass is 9.95. The molecule has 0 spiro atoms. The SMILES string of the molecule is Cc1cc(C)nc(NC[C@H]2CN(CC3CCN(CC4CC4)CC3)C(=O)CO2)n1. The summed E-state index contributed by atoms with van der Waals surface area (Å²) >= 11 is 0. The molecule has 1 aromatic rings. The third-order valence-corrected chi connectivity index (χ3v) is 6.09. The molecule has 1 saturated carbocycles. The van der Waals surface area contributed by atoms with Gasteiger partial charge in [-0.3, -0.25) is 4.79 Å². The van der Waals surface area contributed by atoms with Crippen LogP contribution in [0.2, 0.25) is 0 Å². The second kappa shape index (κ2) is 8.74. The van der Waals surface area contributed by atoms with E-state index in [1.807, 2.05) is 24.8 Å². The van der Waals surface area contributed by atoms with Crippen LogP contribution < -0.4 is 5.32 Å². The number of nitrogens with zero attached hydrogens (tertiary/aromatic N) is 4. The van der Waals surface area contributed by atoms with Crippen LogP contribution in [0.4, 0.5) is 5.95 Å². The molecule has 4 rings (SSSR count). The molecule has 2 saturated heterocycles. The minimum atomic E-state index is -0.0166. The molecule has 1 aromatic heterocycles. The maximum Gasteiger partial charge on any atom is 0.248 e. The quantitative estimate of drug-likeness (QED) is 0.770. The van der Waals surface area contributed by atoms with E-state index in [2.05, 4.69) is 20.2 Å². The summed E-state index contributed by atoms with van der Waals surface area (Å²) < 4.78 is 5.74. The molecule has 3 fully saturated rings. The molecular weight excluding hydrogens is 354 g/mol. The molecule has 1 N–H and O–H groups in total. The molecule has 0 bridgehead atoms. The second-order valence-corrected chi connectivity index (χ2v) is 8.77. The van der Waals surface area contributed by atoms with Crippen LogP contribution in [0.1, 0.15) is 37.1 Å². The molecule has 1 amide bonds. The first-order valence-corrected chi connectivity index (χ1v) is 10.7. The van der Waals surface area contributed by atoms with Crippen LogP contribution >= 0.6 is 0 Å². The van der Waals surface area contributed by atoms with Crippen molar-refractivity contribution >= 4 is 11.9 Å². The van der Waals surface area contributed by atoms with E-state index in [0.29, 0.717) is 25.0 Å². The zero-order chi connectivity index (χ0) is 19.5. The Morgan fingerprint density at radius 3 is 2.43 bits per heavy atom. The zero-order valence-electron chi connectivity index (χ0n) is 17.2. The van der Waals surface area contributed by atoms with Crippen LogP contribution in [0.15, 0.2) is 6.07 Å². The van der Waals surface area contributed by atoms with Gasteiger partial charge in [0.1, 0.15) is 6.61 Å². The highest BCUT2D eigenvalue weighted by Crippen LogP contribution is 2.31. The van der Waals surface area contributed by atoms with E-state index in [-0.39, 0.29) is 18.6 Å². The number of ether oxygens (including phenoxy) is 1. The van der Waals surface area contributed by atoms with Crippen LogP contribution in [0, 0.1) is 25.7 Å². The van der Waals surface area contributed by atoms with E-state index in [4.69, 9.17) is 4.74 Å². The first-order chi connectivity index (χ1) is 13.5. The van der Waals surface area contributed by atoms with E-state index in [1.165, 1.54) is 45.3 Å².